The topological polar surface area (TPSA) is 191 Å². The molecule has 0 bridgehead atoms. The first kappa shape index (κ1) is 52.9. The van der Waals surface area contributed by atoms with Gasteiger partial charge in [0.2, 0.25) is 0 Å². The Kier molecular flexibility index (Phi) is 18.5. The van der Waals surface area contributed by atoms with Crippen molar-refractivity contribution in [1.29, 1.82) is 0 Å². The van der Waals surface area contributed by atoms with Gasteiger partial charge in [-0.3, -0.25) is 14.5 Å². The summed E-state index contributed by atoms with van der Waals surface area (Å²) in [4.78, 5) is 28.1. The summed E-state index contributed by atoms with van der Waals surface area (Å²) in [6.45, 7) is 1.88. The van der Waals surface area contributed by atoms with Crippen LogP contribution in [0.3, 0.4) is 0 Å². The molecule has 0 unspecified atom stereocenters. The molecule has 2 aromatic heterocycles. The maximum Gasteiger partial charge on any atom is 0.279 e. The number of hydrogen-bond acceptors (Lipinski definition) is 13. The van der Waals surface area contributed by atoms with Gasteiger partial charge in [-0.15, -0.1) is 0 Å². The fourth-order valence-electron chi connectivity index (χ4n) is 7.10. The molecule has 1 fully saturated rings. The van der Waals surface area contributed by atoms with E-state index in [2.05, 4.69) is 19.4 Å². The number of benzene rings is 4. The van der Waals surface area contributed by atoms with Crippen LogP contribution in [0.5, 0.6) is 0 Å². The van der Waals surface area contributed by atoms with Crippen molar-refractivity contribution in [1.82, 2.24) is 24.0 Å². The molecule has 0 atom stereocenters. The summed E-state index contributed by atoms with van der Waals surface area (Å²) in [6.07, 6.45) is 2.80. The molecule has 1 saturated heterocycles. The number of piperazine rings is 1. The standard InChI is InChI=1S/C46H45ClF4IN7O9S2/c47-46-42(57-69(61,62)35-6-3-33(48)4-7-35)25-32(27-54-46)30-2-10-40-41(24-30)56-44(28-53-40)58-12-14-59(15-13-58)70(63,64)55-11-16-65-17-18-66-19-20-67-21-22-68-29-43(60)36-8-9-38(49)45(51)37(36)23-31-1-5-34(52)26-39(31)50/h1-10,24-28,55,57H,11-23,29H2. The number of carbonyl (C=O) groups excluding carboxylic acids is 1. The Balaban J connectivity index is 0.763. The zero-order chi connectivity index (χ0) is 49.8. The van der Waals surface area contributed by atoms with Gasteiger partial charge in [0.05, 0.1) is 74.1 Å². The number of rotatable bonds is 24. The fraction of sp³-hybridized carbons (Fsp3) is 0.304. The largest absolute Gasteiger partial charge is 0.378 e. The highest BCUT2D eigenvalue weighted by atomic mass is 127. The van der Waals surface area contributed by atoms with Crippen LogP contribution >= 0.6 is 34.2 Å². The molecule has 70 heavy (non-hydrogen) atoms. The van der Waals surface area contributed by atoms with E-state index < -0.39 is 55.9 Å². The summed E-state index contributed by atoms with van der Waals surface area (Å²) >= 11 is 8.18. The Morgan fingerprint density at radius 1 is 0.714 bits per heavy atom. The van der Waals surface area contributed by atoms with Crippen LogP contribution < -0.4 is 14.3 Å². The number of ether oxygens (including phenoxy) is 4. The highest BCUT2D eigenvalue weighted by Gasteiger charge is 2.28. The van der Waals surface area contributed by atoms with Crippen molar-refractivity contribution in [2.75, 3.05) is 95.2 Å². The van der Waals surface area contributed by atoms with E-state index in [9.17, 15) is 39.2 Å². The number of halogens is 6. The number of nitrogens with zero attached hydrogens (tertiary/aromatic N) is 5. The van der Waals surface area contributed by atoms with Crippen molar-refractivity contribution >= 4 is 82.7 Å². The number of ketones is 1. The van der Waals surface area contributed by atoms with Crippen molar-refractivity contribution in [2.24, 2.45) is 0 Å². The molecule has 24 heteroatoms. The number of aromatic nitrogens is 3. The van der Waals surface area contributed by atoms with E-state index in [0.717, 1.165) is 36.4 Å². The monoisotopic (exact) mass is 1140 g/mol. The van der Waals surface area contributed by atoms with E-state index >= 15 is 0 Å². The lowest BCUT2D eigenvalue weighted by molar-refractivity contribution is -0.0000312. The zero-order valence-electron chi connectivity index (χ0n) is 37.1. The summed E-state index contributed by atoms with van der Waals surface area (Å²) in [5.74, 6) is -3.57. The van der Waals surface area contributed by atoms with Gasteiger partial charge in [0.1, 0.15) is 24.1 Å². The molecule has 0 spiro atoms. The van der Waals surface area contributed by atoms with E-state index in [0.29, 0.717) is 44.6 Å². The predicted molar refractivity (Wildman–Crippen MR) is 262 cm³/mol. The Bertz CT molecular complexity index is 3030. The quantitative estimate of drug-likeness (QED) is 0.0212. The summed E-state index contributed by atoms with van der Waals surface area (Å²) in [5, 5.41) is -0.0841. The zero-order valence-corrected chi connectivity index (χ0v) is 41.6. The number of hydrogen-bond donors (Lipinski definition) is 2. The van der Waals surface area contributed by atoms with Gasteiger partial charge in [-0.05, 0) is 100 Å². The fourth-order valence-corrected chi connectivity index (χ4v) is 9.99. The van der Waals surface area contributed by atoms with Gasteiger partial charge in [-0.1, -0.05) is 23.7 Å². The SMILES string of the molecule is O=C(COCCOCCOCCOCCNS(=O)(=O)N1CCN(c2cnc3ccc(-c4cnc(Cl)c(NS(=O)(=O)c5ccc(F)cc5)c4)cc3n2)CC1)c1ccc(F)c(F)c1Cc1ccc(I)cc1F. The third-order valence-electron chi connectivity index (χ3n) is 10.7. The average Bonchev–Trinajstić information content (AvgIpc) is 3.34. The first-order chi connectivity index (χ1) is 33.6. The summed E-state index contributed by atoms with van der Waals surface area (Å²) in [5.41, 5.74) is 2.13. The van der Waals surface area contributed by atoms with Crippen molar-refractivity contribution in [3.8, 4) is 11.1 Å². The highest BCUT2D eigenvalue weighted by molar-refractivity contribution is 14.1. The molecular formula is C46H45ClF4IN7O9S2. The van der Waals surface area contributed by atoms with Crippen molar-refractivity contribution in [3.05, 3.63) is 140 Å². The Morgan fingerprint density at radius 2 is 1.40 bits per heavy atom. The number of anilines is 2. The molecule has 16 nitrogen and oxygen atoms in total. The van der Waals surface area contributed by atoms with E-state index in [1.807, 2.05) is 27.5 Å². The van der Waals surface area contributed by atoms with Crippen LogP contribution in [-0.4, -0.2) is 127 Å². The predicted octanol–water partition coefficient (Wildman–Crippen LogP) is 6.80. The second-order valence-corrected chi connectivity index (χ2v) is 20.5. The number of carbonyl (C=O) groups is 1. The maximum atomic E-state index is 14.7. The molecule has 7 rings (SSSR count). The molecule has 1 aliphatic rings. The first-order valence-electron chi connectivity index (χ1n) is 21.5. The van der Waals surface area contributed by atoms with E-state index in [1.54, 1.807) is 30.5 Å². The Labute approximate surface area is 420 Å². The lowest BCUT2D eigenvalue weighted by Crippen LogP contribution is -2.52. The van der Waals surface area contributed by atoms with Gasteiger partial charge >= 0.3 is 0 Å². The minimum atomic E-state index is -4.10. The number of pyridine rings is 1. The smallest absolute Gasteiger partial charge is 0.279 e. The normalized spacial score (nSPS) is 13.5. The molecule has 0 radical (unpaired) electrons. The van der Waals surface area contributed by atoms with E-state index in [-0.39, 0.29) is 105 Å². The second-order valence-electron chi connectivity index (χ2n) is 15.5. The van der Waals surface area contributed by atoms with Gasteiger partial charge in [-0.25, -0.2) is 35.9 Å². The summed E-state index contributed by atoms with van der Waals surface area (Å²) < 4.78 is 137. The van der Waals surface area contributed by atoms with Crippen molar-refractivity contribution in [3.63, 3.8) is 0 Å². The van der Waals surface area contributed by atoms with Crippen LogP contribution in [0.2, 0.25) is 5.15 Å². The van der Waals surface area contributed by atoms with Gasteiger partial charge in [0, 0.05) is 65.6 Å². The van der Waals surface area contributed by atoms with Gasteiger partial charge in [-0.2, -0.15) is 17.4 Å². The number of sulfonamides is 1. The van der Waals surface area contributed by atoms with Crippen LogP contribution in [0.4, 0.5) is 29.1 Å². The average molecular weight is 1140 g/mol. The maximum absolute atomic E-state index is 14.7. The first-order valence-corrected chi connectivity index (χ1v) is 25.9. The molecule has 0 amide bonds. The summed E-state index contributed by atoms with van der Waals surface area (Å²) in [7, 11) is -7.90. The highest BCUT2D eigenvalue weighted by Crippen LogP contribution is 2.31. The van der Waals surface area contributed by atoms with Gasteiger partial charge in [0.25, 0.3) is 20.2 Å². The molecule has 2 N–H and O–H groups in total. The van der Waals surface area contributed by atoms with Crippen LogP contribution in [0.1, 0.15) is 21.5 Å². The van der Waals surface area contributed by atoms with Crippen LogP contribution in [-0.2, 0) is 45.6 Å². The van der Waals surface area contributed by atoms with Crippen LogP contribution in [0.15, 0.2) is 96.2 Å². The number of fused-ring (bicyclic) bond motifs is 1. The second kappa shape index (κ2) is 24.4. The van der Waals surface area contributed by atoms with Gasteiger partial charge < -0.3 is 23.8 Å². The molecule has 0 saturated carbocycles. The minimum Gasteiger partial charge on any atom is -0.378 e. The third kappa shape index (κ3) is 14.1. The molecule has 372 valence electrons. The van der Waals surface area contributed by atoms with Crippen molar-refractivity contribution < 1.29 is 58.1 Å². The van der Waals surface area contributed by atoms with Gasteiger partial charge in [0.15, 0.2) is 22.6 Å². The third-order valence-corrected chi connectivity index (χ3v) is 14.7. The van der Waals surface area contributed by atoms with Crippen molar-refractivity contribution in [2.45, 2.75) is 11.3 Å². The molecule has 0 aliphatic carbocycles. The molecule has 4 aromatic carbocycles. The van der Waals surface area contributed by atoms with E-state index in [1.165, 1.54) is 28.7 Å². The molecule has 3 heterocycles. The molecule has 1 aliphatic heterocycles. The summed E-state index contributed by atoms with van der Waals surface area (Å²) in [6, 6.07) is 17.6. The molecule has 6 aromatic rings. The Morgan fingerprint density at radius 3 is 2.10 bits per heavy atom. The lowest BCUT2D eigenvalue weighted by Gasteiger charge is -2.34. The van der Waals surface area contributed by atoms with E-state index in [4.69, 9.17) is 35.5 Å². The minimum absolute atomic E-state index is 0.0254. The molecular weight excluding hydrogens is 1100 g/mol. The Hall–Kier alpha value is -4.96. The lowest BCUT2D eigenvalue weighted by atomic mass is 9.96. The number of Topliss-reactive ketones (excluding diaryl/α,β-unsaturated/α-hetero) is 1. The van der Waals surface area contributed by atoms with Crippen LogP contribution in [0.25, 0.3) is 22.2 Å². The van der Waals surface area contributed by atoms with Crippen LogP contribution in [0, 0.1) is 26.8 Å². The number of nitrogens with one attached hydrogen (secondary N) is 2.